The third-order valence-corrected chi connectivity index (χ3v) is 5.53. The Morgan fingerprint density at radius 2 is 1.87 bits per heavy atom. The van der Waals surface area contributed by atoms with Crippen LogP contribution in [-0.4, -0.2) is 44.7 Å². The molecule has 0 saturated heterocycles. The second-order valence-corrected chi connectivity index (χ2v) is 7.59. The van der Waals surface area contributed by atoms with Crippen LogP contribution in [-0.2, 0) is 14.3 Å². The number of hydrogen-bond donors (Lipinski definition) is 2. The lowest BCUT2D eigenvalue weighted by atomic mass is 10.1. The van der Waals surface area contributed by atoms with Gasteiger partial charge in [0.2, 0.25) is 0 Å². The van der Waals surface area contributed by atoms with Gasteiger partial charge in [0.15, 0.2) is 6.29 Å². The van der Waals surface area contributed by atoms with E-state index < -0.39 is 5.97 Å². The molecule has 0 bridgehead atoms. The van der Waals surface area contributed by atoms with E-state index in [1.807, 2.05) is 50.6 Å². The van der Waals surface area contributed by atoms with Gasteiger partial charge in [-0.1, -0.05) is 36.2 Å². The van der Waals surface area contributed by atoms with Crippen molar-refractivity contribution in [2.45, 2.75) is 6.92 Å². The second kappa shape index (κ2) is 12.6. The summed E-state index contributed by atoms with van der Waals surface area (Å²) in [4.78, 5) is 33.2. The Hall–Kier alpha value is -3.04. The maximum Gasteiger partial charge on any atom is 0.341 e. The highest BCUT2D eigenvalue weighted by molar-refractivity contribution is 7.99. The van der Waals surface area contributed by atoms with Gasteiger partial charge in [-0.25, -0.2) is 9.59 Å². The Labute approximate surface area is 189 Å². The number of aldehydes is 1. The molecule has 0 spiro atoms. The molecule has 7 nitrogen and oxygen atoms in total. The molecule has 3 aromatic rings. The smallest absolute Gasteiger partial charge is 0.341 e. The van der Waals surface area contributed by atoms with Gasteiger partial charge < -0.3 is 19.5 Å². The molecule has 0 saturated carbocycles. The van der Waals surface area contributed by atoms with Crippen molar-refractivity contribution in [1.29, 1.82) is 0 Å². The van der Waals surface area contributed by atoms with Gasteiger partial charge in [0.1, 0.15) is 17.2 Å². The zero-order valence-corrected chi connectivity index (χ0v) is 19.1. The molecule has 0 aliphatic carbocycles. The van der Waals surface area contributed by atoms with Crippen molar-refractivity contribution < 1.29 is 23.9 Å². The van der Waals surface area contributed by atoms with Crippen LogP contribution >= 0.6 is 23.3 Å². The molecule has 0 aliphatic heterocycles. The lowest BCUT2D eigenvalue weighted by Crippen LogP contribution is -2.07. The summed E-state index contributed by atoms with van der Waals surface area (Å²) in [5, 5.41) is 4.86. The topological polar surface area (TPSA) is 93.7 Å². The summed E-state index contributed by atoms with van der Waals surface area (Å²) in [7, 11) is 1.81. The van der Waals surface area contributed by atoms with E-state index >= 15 is 0 Å². The highest BCUT2D eigenvalue weighted by atomic mass is 32.2. The molecule has 9 heteroatoms. The SMILES string of the molecule is CCOC(=O)c1c(NC)sc2ccccc12.CSNc1cccc(C(=O)OCC=O)c1. The standard InChI is InChI=1S/C12H13NO2S.C10H11NO3S/c1-3-15-12(14)10-8-6-4-5-7-9(8)16-11(10)13-2;1-15-11-9-4-2-3-8(7-9)10(13)14-6-5-12/h4-7,13H,3H2,1-2H3;2-5,7,11H,6H2,1H3. The predicted molar refractivity (Wildman–Crippen MR) is 127 cm³/mol. The van der Waals surface area contributed by atoms with Crippen LogP contribution in [0.5, 0.6) is 0 Å². The second-order valence-electron chi connectivity index (χ2n) is 5.92. The number of anilines is 2. The molecule has 0 radical (unpaired) electrons. The van der Waals surface area contributed by atoms with Crippen molar-refractivity contribution >= 4 is 62.3 Å². The maximum absolute atomic E-state index is 11.8. The Bertz CT molecular complexity index is 1040. The highest BCUT2D eigenvalue weighted by Crippen LogP contribution is 2.35. The van der Waals surface area contributed by atoms with Crippen molar-refractivity contribution in [2.75, 3.05) is 36.6 Å². The van der Waals surface area contributed by atoms with Gasteiger partial charge in [0.05, 0.1) is 12.2 Å². The Morgan fingerprint density at radius 3 is 2.55 bits per heavy atom. The van der Waals surface area contributed by atoms with E-state index in [9.17, 15) is 14.4 Å². The van der Waals surface area contributed by atoms with Crippen LogP contribution in [0.25, 0.3) is 10.1 Å². The average molecular weight is 461 g/mol. The summed E-state index contributed by atoms with van der Waals surface area (Å²) in [6.07, 6.45) is 2.43. The molecule has 3 rings (SSSR count). The van der Waals surface area contributed by atoms with Gasteiger partial charge in [-0.2, -0.15) is 0 Å². The molecule has 0 atom stereocenters. The lowest BCUT2D eigenvalue weighted by molar-refractivity contribution is -0.110. The quantitative estimate of drug-likeness (QED) is 0.280. The fraction of sp³-hybridized carbons (Fsp3) is 0.227. The first-order valence-corrected chi connectivity index (χ1v) is 11.5. The summed E-state index contributed by atoms with van der Waals surface area (Å²) in [5.41, 5.74) is 1.89. The van der Waals surface area contributed by atoms with Crippen molar-refractivity contribution in [3.05, 3.63) is 59.7 Å². The Kier molecular flexibility index (Phi) is 9.86. The van der Waals surface area contributed by atoms with Gasteiger partial charge >= 0.3 is 11.9 Å². The lowest BCUT2D eigenvalue weighted by Gasteiger charge is -2.04. The van der Waals surface area contributed by atoms with Crippen LogP contribution < -0.4 is 10.0 Å². The van der Waals surface area contributed by atoms with Crippen LogP contribution in [0, 0.1) is 0 Å². The molecule has 0 aliphatic rings. The number of esters is 2. The minimum atomic E-state index is -0.494. The van der Waals surface area contributed by atoms with Gasteiger partial charge in [-0.05, 0) is 31.2 Å². The van der Waals surface area contributed by atoms with E-state index in [-0.39, 0.29) is 12.6 Å². The van der Waals surface area contributed by atoms with E-state index in [1.54, 1.807) is 29.5 Å². The summed E-state index contributed by atoms with van der Waals surface area (Å²) in [6.45, 7) is 2.00. The zero-order valence-electron chi connectivity index (χ0n) is 17.5. The summed E-state index contributed by atoms with van der Waals surface area (Å²) < 4.78 is 13.8. The molecule has 2 N–H and O–H groups in total. The van der Waals surface area contributed by atoms with Crippen molar-refractivity contribution in [3.8, 4) is 0 Å². The van der Waals surface area contributed by atoms with Gasteiger partial charge in [0, 0.05) is 29.1 Å². The number of rotatable bonds is 8. The first-order chi connectivity index (χ1) is 15.0. The molecule has 1 aromatic heterocycles. The van der Waals surface area contributed by atoms with E-state index in [0.29, 0.717) is 24.0 Å². The minimum Gasteiger partial charge on any atom is -0.462 e. The van der Waals surface area contributed by atoms with Crippen molar-refractivity contribution in [3.63, 3.8) is 0 Å². The number of benzene rings is 2. The first kappa shape index (κ1) is 24.2. The number of thiophene rings is 1. The first-order valence-electron chi connectivity index (χ1n) is 9.41. The van der Waals surface area contributed by atoms with Crippen LogP contribution in [0.1, 0.15) is 27.6 Å². The number of hydrogen-bond acceptors (Lipinski definition) is 9. The molecule has 1 heterocycles. The van der Waals surface area contributed by atoms with E-state index in [0.717, 1.165) is 20.8 Å². The minimum absolute atomic E-state index is 0.209. The van der Waals surface area contributed by atoms with E-state index in [2.05, 4.69) is 14.8 Å². The number of fused-ring (bicyclic) bond motifs is 1. The van der Waals surface area contributed by atoms with Crippen molar-refractivity contribution in [1.82, 2.24) is 0 Å². The van der Waals surface area contributed by atoms with Gasteiger partial charge in [-0.15, -0.1) is 11.3 Å². The number of ether oxygens (including phenoxy) is 2. The highest BCUT2D eigenvalue weighted by Gasteiger charge is 2.18. The predicted octanol–water partition coefficient (Wildman–Crippen LogP) is 4.85. The molecule has 2 aromatic carbocycles. The van der Waals surface area contributed by atoms with Crippen LogP contribution in [0.15, 0.2) is 48.5 Å². The number of carbonyl (C=O) groups excluding carboxylic acids is 3. The number of carbonyl (C=O) groups is 3. The maximum atomic E-state index is 11.8. The molecule has 31 heavy (non-hydrogen) atoms. The molecule has 0 fully saturated rings. The normalized spacial score (nSPS) is 9.90. The Morgan fingerprint density at radius 1 is 1.10 bits per heavy atom. The van der Waals surface area contributed by atoms with Crippen LogP contribution in [0.4, 0.5) is 10.7 Å². The number of nitrogens with one attached hydrogen (secondary N) is 2. The zero-order chi connectivity index (χ0) is 22.6. The largest absolute Gasteiger partial charge is 0.462 e. The fourth-order valence-electron chi connectivity index (χ4n) is 2.65. The summed E-state index contributed by atoms with van der Waals surface area (Å²) in [6, 6.07) is 14.7. The van der Waals surface area contributed by atoms with Gasteiger partial charge in [0.25, 0.3) is 0 Å². The Balaban J connectivity index is 0.000000221. The van der Waals surface area contributed by atoms with Crippen LogP contribution in [0.3, 0.4) is 0 Å². The fourth-order valence-corrected chi connectivity index (χ4v) is 4.05. The molecule has 0 amide bonds. The van der Waals surface area contributed by atoms with E-state index in [1.165, 1.54) is 11.9 Å². The summed E-state index contributed by atoms with van der Waals surface area (Å²) in [5.74, 6) is -0.754. The van der Waals surface area contributed by atoms with E-state index in [4.69, 9.17) is 4.74 Å². The van der Waals surface area contributed by atoms with Crippen LogP contribution in [0.2, 0.25) is 0 Å². The monoisotopic (exact) mass is 460 g/mol. The van der Waals surface area contributed by atoms with Crippen molar-refractivity contribution in [2.24, 2.45) is 0 Å². The molecule has 0 unspecified atom stereocenters. The summed E-state index contributed by atoms with van der Waals surface area (Å²) >= 11 is 3.00. The third-order valence-electron chi connectivity index (χ3n) is 3.90. The molecular weight excluding hydrogens is 436 g/mol. The average Bonchev–Trinajstić information content (AvgIpc) is 3.17. The van der Waals surface area contributed by atoms with Gasteiger partial charge in [-0.3, -0.25) is 4.79 Å². The molecular formula is C22H24N2O5S2. The third kappa shape index (κ3) is 6.73. The molecule has 164 valence electrons.